The molecule has 1 fully saturated rings. The molecule has 1 aliphatic rings. The normalized spacial score (nSPS) is 14.1. The van der Waals surface area contributed by atoms with Gasteiger partial charge in [0.2, 0.25) is 5.91 Å². The van der Waals surface area contributed by atoms with E-state index in [0.29, 0.717) is 24.4 Å². The second-order valence-corrected chi connectivity index (χ2v) is 5.81. The summed E-state index contributed by atoms with van der Waals surface area (Å²) in [5.74, 6) is 0.842. The monoisotopic (exact) mass is 312 g/mol. The van der Waals surface area contributed by atoms with E-state index < -0.39 is 0 Å². The molecule has 120 valence electrons. The lowest BCUT2D eigenvalue weighted by Gasteiger charge is -2.24. The zero-order valence-corrected chi connectivity index (χ0v) is 12.9. The number of nitrogens with one attached hydrogen (secondary N) is 2. The van der Waals surface area contributed by atoms with Gasteiger partial charge >= 0.3 is 0 Å². The molecule has 0 bridgehead atoms. The van der Waals surface area contributed by atoms with Crippen LogP contribution in [0.4, 0.5) is 0 Å². The summed E-state index contributed by atoms with van der Waals surface area (Å²) in [7, 11) is 0. The van der Waals surface area contributed by atoms with Crippen LogP contribution in [0.3, 0.4) is 0 Å². The molecule has 1 heterocycles. The number of carbonyl (C=O) groups excluding carboxylic acids is 2. The summed E-state index contributed by atoms with van der Waals surface area (Å²) in [6, 6.07) is 10.9. The van der Waals surface area contributed by atoms with Crippen molar-refractivity contribution in [3.8, 4) is 0 Å². The van der Waals surface area contributed by atoms with Crippen molar-refractivity contribution in [2.45, 2.75) is 32.4 Å². The molecule has 2 N–H and O–H groups in total. The number of amides is 2. The molecule has 5 nitrogen and oxygen atoms in total. The number of furan rings is 1. The first-order valence-corrected chi connectivity index (χ1v) is 7.89. The van der Waals surface area contributed by atoms with Crippen LogP contribution in [0.5, 0.6) is 0 Å². The molecule has 1 aromatic heterocycles. The summed E-state index contributed by atoms with van der Waals surface area (Å²) in [4.78, 5) is 24.0. The van der Waals surface area contributed by atoms with Crippen LogP contribution in [0.1, 0.15) is 40.9 Å². The lowest BCUT2D eigenvalue weighted by Crippen LogP contribution is -2.34. The number of hydrogen-bond acceptors (Lipinski definition) is 3. The Morgan fingerprint density at radius 1 is 1.09 bits per heavy atom. The predicted molar refractivity (Wildman–Crippen MR) is 85.5 cm³/mol. The Morgan fingerprint density at radius 2 is 1.96 bits per heavy atom. The molecule has 0 atom stereocenters. The van der Waals surface area contributed by atoms with Gasteiger partial charge in [-0.2, -0.15) is 0 Å². The van der Waals surface area contributed by atoms with Crippen LogP contribution in [0.25, 0.3) is 0 Å². The van der Waals surface area contributed by atoms with E-state index in [1.165, 1.54) is 0 Å². The Kier molecular flexibility index (Phi) is 4.76. The maximum atomic E-state index is 12.2. The molecular formula is C18H20N2O3. The highest BCUT2D eigenvalue weighted by molar-refractivity contribution is 5.94. The van der Waals surface area contributed by atoms with Gasteiger partial charge in [0.1, 0.15) is 5.76 Å². The van der Waals surface area contributed by atoms with E-state index in [-0.39, 0.29) is 17.7 Å². The fraction of sp³-hybridized carbons (Fsp3) is 0.333. The van der Waals surface area contributed by atoms with Crippen molar-refractivity contribution >= 4 is 11.8 Å². The molecule has 0 saturated heterocycles. The highest BCUT2D eigenvalue weighted by Crippen LogP contribution is 2.26. The summed E-state index contributed by atoms with van der Waals surface area (Å²) in [5.41, 5.74) is 1.50. The molecule has 2 amide bonds. The third kappa shape index (κ3) is 4.00. The van der Waals surface area contributed by atoms with Gasteiger partial charge in [0.15, 0.2) is 0 Å². The minimum Gasteiger partial charge on any atom is -0.467 e. The van der Waals surface area contributed by atoms with Crippen molar-refractivity contribution < 1.29 is 14.0 Å². The molecule has 1 saturated carbocycles. The van der Waals surface area contributed by atoms with Gasteiger partial charge in [-0.1, -0.05) is 18.6 Å². The van der Waals surface area contributed by atoms with Crippen molar-refractivity contribution in [1.82, 2.24) is 10.6 Å². The van der Waals surface area contributed by atoms with Gasteiger partial charge < -0.3 is 15.1 Å². The summed E-state index contributed by atoms with van der Waals surface area (Å²) >= 11 is 0. The van der Waals surface area contributed by atoms with Gasteiger partial charge in [0.25, 0.3) is 5.91 Å². The van der Waals surface area contributed by atoms with Gasteiger partial charge in [-0.05, 0) is 42.7 Å². The molecule has 1 aromatic carbocycles. The van der Waals surface area contributed by atoms with E-state index in [1.54, 1.807) is 24.5 Å². The minimum atomic E-state index is -0.159. The van der Waals surface area contributed by atoms with Gasteiger partial charge in [0.05, 0.1) is 12.8 Å². The largest absolute Gasteiger partial charge is 0.467 e. The first-order chi connectivity index (χ1) is 11.2. The van der Waals surface area contributed by atoms with E-state index >= 15 is 0 Å². The van der Waals surface area contributed by atoms with Crippen molar-refractivity contribution in [3.05, 3.63) is 59.5 Å². The highest BCUT2D eigenvalue weighted by atomic mass is 16.3. The fourth-order valence-electron chi connectivity index (χ4n) is 2.51. The molecule has 1 aliphatic carbocycles. The van der Waals surface area contributed by atoms with Crippen LogP contribution < -0.4 is 10.6 Å². The minimum absolute atomic E-state index is 0.115. The number of hydrogen-bond donors (Lipinski definition) is 2. The topological polar surface area (TPSA) is 71.3 Å². The van der Waals surface area contributed by atoms with Gasteiger partial charge in [-0.25, -0.2) is 0 Å². The van der Waals surface area contributed by atoms with E-state index in [9.17, 15) is 9.59 Å². The molecule has 0 spiro atoms. The highest BCUT2D eigenvalue weighted by Gasteiger charge is 2.24. The smallest absolute Gasteiger partial charge is 0.251 e. The zero-order valence-electron chi connectivity index (χ0n) is 12.9. The number of rotatable bonds is 6. The van der Waals surface area contributed by atoms with Crippen molar-refractivity contribution in [2.75, 3.05) is 0 Å². The van der Waals surface area contributed by atoms with E-state index in [2.05, 4.69) is 10.6 Å². The zero-order chi connectivity index (χ0) is 16.1. The second-order valence-electron chi connectivity index (χ2n) is 5.81. The second kappa shape index (κ2) is 7.13. The maximum Gasteiger partial charge on any atom is 0.251 e. The Bertz CT molecular complexity index is 675. The molecule has 0 aliphatic heterocycles. The number of carbonyl (C=O) groups is 2. The summed E-state index contributed by atoms with van der Waals surface area (Å²) in [6.45, 7) is 0.809. The SMILES string of the molecule is O=C(NCc1ccco1)c1cccc(CNC(=O)C2CCC2)c1. The third-order valence-electron chi connectivity index (χ3n) is 4.14. The average Bonchev–Trinajstić information content (AvgIpc) is 3.02. The van der Waals surface area contributed by atoms with Gasteiger partial charge in [-0.15, -0.1) is 0 Å². The quantitative estimate of drug-likeness (QED) is 0.861. The molecular weight excluding hydrogens is 292 g/mol. The van der Waals surface area contributed by atoms with Crippen molar-refractivity contribution in [1.29, 1.82) is 0 Å². The lowest BCUT2D eigenvalue weighted by atomic mass is 9.85. The Hall–Kier alpha value is -2.56. The maximum absolute atomic E-state index is 12.2. The molecule has 5 heteroatoms. The van der Waals surface area contributed by atoms with Crippen LogP contribution in [-0.2, 0) is 17.9 Å². The summed E-state index contributed by atoms with van der Waals surface area (Å²) in [5, 5.41) is 5.75. The number of benzene rings is 1. The van der Waals surface area contributed by atoms with Crippen LogP contribution in [-0.4, -0.2) is 11.8 Å². The van der Waals surface area contributed by atoms with Crippen LogP contribution in [0.2, 0.25) is 0 Å². The Labute approximate surface area is 135 Å². The van der Waals surface area contributed by atoms with E-state index in [1.807, 2.05) is 18.2 Å². The van der Waals surface area contributed by atoms with Gasteiger partial charge in [0, 0.05) is 18.0 Å². The average molecular weight is 312 g/mol. The molecule has 2 aromatic rings. The van der Waals surface area contributed by atoms with Crippen LogP contribution >= 0.6 is 0 Å². The van der Waals surface area contributed by atoms with Crippen LogP contribution in [0.15, 0.2) is 47.1 Å². The standard InChI is InChI=1S/C18H20N2O3/c21-17(14-5-2-6-14)19-11-13-4-1-7-15(10-13)18(22)20-12-16-8-3-9-23-16/h1,3-4,7-10,14H,2,5-6,11-12H2,(H,19,21)(H,20,22). The summed E-state index contributed by atoms with van der Waals surface area (Å²) in [6.07, 6.45) is 4.69. The van der Waals surface area contributed by atoms with Crippen molar-refractivity contribution in [3.63, 3.8) is 0 Å². The fourth-order valence-corrected chi connectivity index (χ4v) is 2.51. The first kappa shape index (κ1) is 15.3. The van der Waals surface area contributed by atoms with Crippen LogP contribution in [0, 0.1) is 5.92 Å². The lowest BCUT2D eigenvalue weighted by molar-refractivity contribution is -0.127. The molecule has 0 radical (unpaired) electrons. The first-order valence-electron chi connectivity index (χ1n) is 7.89. The summed E-state index contributed by atoms with van der Waals surface area (Å²) < 4.78 is 5.18. The third-order valence-corrected chi connectivity index (χ3v) is 4.14. The Morgan fingerprint density at radius 3 is 2.65 bits per heavy atom. The predicted octanol–water partition coefficient (Wildman–Crippen LogP) is 2.63. The van der Waals surface area contributed by atoms with E-state index in [4.69, 9.17) is 4.42 Å². The Balaban J connectivity index is 1.53. The van der Waals surface area contributed by atoms with Gasteiger partial charge in [-0.3, -0.25) is 9.59 Å². The molecule has 3 rings (SSSR count). The van der Waals surface area contributed by atoms with E-state index in [0.717, 1.165) is 24.8 Å². The van der Waals surface area contributed by atoms with Crippen molar-refractivity contribution in [2.24, 2.45) is 5.92 Å². The molecule has 0 unspecified atom stereocenters. The molecule has 23 heavy (non-hydrogen) atoms.